The van der Waals surface area contributed by atoms with E-state index in [1.807, 2.05) is 66.7 Å². The Kier molecular flexibility index (Phi) is 6.57. The van der Waals surface area contributed by atoms with Crippen LogP contribution in [0.5, 0.6) is 0 Å². The number of benzene rings is 3. The molecule has 0 aliphatic carbocycles. The molecule has 8 nitrogen and oxygen atoms in total. The van der Waals surface area contributed by atoms with Crippen LogP contribution in [-0.2, 0) is 9.59 Å². The molecule has 0 spiro atoms. The molecule has 0 unspecified atom stereocenters. The van der Waals surface area contributed by atoms with Crippen LogP contribution in [0.15, 0.2) is 66.7 Å². The number of rotatable bonds is 6. The number of para-hydroxylation sites is 2. The molecule has 0 aliphatic rings. The van der Waals surface area contributed by atoms with Gasteiger partial charge in [0.2, 0.25) is 11.8 Å². The van der Waals surface area contributed by atoms with E-state index in [-0.39, 0.29) is 11.8 Å². The molecule has 5 rings (SSSR count). The van der Waals surface area contributed by atoms with Gasteiger partial charge in [-0.3, -0.25) is 9.59 Å². The summed E-state index contributed by atoms with van der Waals surface area (Å²) in [6.45, 7) is 2.91. The molecule has 0 fully saturated rings. The van der Waals surface area contributed by atoms with Crippen molar-refractivity contribution in [2.24, 2.45) is 0 Å². The molecular weight excluding hydrogens is 488 g/mol. The summed E-state index contributed by atoms with van der Waals surface area (Å²) in [5, 5.41) is 6.30. The van der Waals surface area contributed by atoms with Gasteiger partial charge in [-0.25, -0.2) is 9.97 Å². The van der Waals surface area contributed by atoms with Crippen molar-refractivity contribution in [3.8, 4) is 0 Å². The quantitative estimate of drug-likeness (QED) is 0.246. The van der Waals surface area contributed by atoms with Crippen LogP contribution >= 0.6 is 11.6 Å². The Balaban J connectivity index is 1.47. The van der Waals surface area contributed by atoms with E-state index in [9.17, 15) is 9.59 Å². The summed E-state index contributed by atoms with van der Waals surface area (Å²) in [6.07, 6.45) is 3.69. The first-order valence-corrected chi connectivity index (χ1v) is 11.9. The van der Waals surface area contributed by atoms with Gasteiger partial charge in [-0.05, 0) is 53.6 Å². The summed E-state index contributed by atoms with van der Waals surface area (Å²) >= 11 is 6.09. The monoisotopic (exact) mass is 510 g/mol. The number of nitrogens with zero attached hydrogens (tertiary/aromatic N) is 2. The largest absolute Gasteiger partial charge is 0.337 e. The van der Waals surface area contributed by atoms with Crippen molar-refractivity contribution in [3.63, 3.8) is 0 Å². The average Bonchev–Trinajstić information content (AvgIpc) is 3.48. The normalized spacial score (nSPS) is 12.2. The van der Waals surface area contributed by atoms with Gasteiger partial charge in [0.25, 0.3) is 0 Å². The van der Waals surface area contributed by atoms with E-state index >= 15 is 0 Å². The van der Waals surface area contributed by atoms with Gasteiger partial charge in [0.1, 0.15) is 0 Å². The maximum absolute atomic E-state index is 11.9. The Labute approximate surface area is 217 Å². The zero-order valence-electron chi connectivity index (χ0n) is 20.1. The van der Waals surface area contributed by atoms with Crippen LogP contribution in [0.3, 0.4) is 0 Å². The van der Waals surface area contributed by atoms with Crippen molar-refractivity contribution in [1.29, 1.82) is 0 Å². The molecule has 2 aromatic heterocycles. The van der Waals surface area contributed by atoms with Crippen LogP contribution in [0.4, 0.5) is 0 Å². The Bertz CT molecular complexity index is 1660. The second kappa shape index (κ2) is 10.1. The Morgan fingerprint density at radius 2 is 1.24 bits per heavy atom. The minimum Gasteiger partial charge on any atom is -0.337 e. The maximum Gasteiger partial charge on any atom is 0.221 e. The van der Waals surface area contributed by atoms with Gasteiger partial charge in [-0.2, -0.15) is 0 Å². The van der Waals surface area contributed by atoms with Crippen molar-refractivity contribution in [2.45, 2.75) is 13.8 Å². The molecule has 5 aromatic rings. The van der Waals surface area contributed by atoms with E-state index in [1.165, 1.54) is 13.8 Å². The van der Waals surface area contributed by atoms with Crippen LogP contribution < -0.4 is 10.6 Å². The van der Waals surface area contributed by atoms with Crippen LogP contribution in [-0.4, -0.2) is 31.8 Å². The summed E-state index contributed by atoms with van der Waals surface area (Å²) in [5.74, 6) is 0.681. The van der Waals surface area contributed by atoms with Gasteiger partial charge in [-0.15, -0.1) is 0 Å². The summed E-state index contributed by atoms with van der Waals surface area (Å²) in [6, 6.07) is 20.7. The lowest BCUT2D eigenvalue weighted by molar-refractivity contribution is -0.118. The predicted molar refractivity (Wildman–Crippen MR) is 147 cm³/mol. The Hall–Kier alpha value is -4.69. The van der Waals surface area contributed by atoms with Crippen molar-refractivity contribution in [3.05, 3.63) is 94.5 Å². The molecule has 0 bridgehead atoms. The second-order valence-corrected chi connectivity index (χ2v) is 8.93. The van der Waals surface area contributed by atoms with Crippen LogP contribution in [0.1, 0.15) is 36.6 Å². The number of imidazole rings is 2. The van der Waals surface area contributed by atoms with Gasteiger partial charge in [0.05, 0.1) is 33.5 Å². The number of nitrogens with one attached hydrogen (secondary N) is 4. The predicted octanol–water partition coefficient (Wildman–Crippen LogP) is 5.36. The highest BCUT2D eigenvalue weighted by atomic mass is 35.5. The molecule has 2 amide bonds. The lowest BCUT2D eigenvalue weighted by Gasteiger charge is -2.07. The van der Waals surface area contributed by atoms with Crippen molar-refractivity contribution in [2.75, 3.05) is 0 Å². The topological polar surface area (TPSA) is 116 Å². The summed E-state index contributed by atoms with van der Waals surface area (Å²) < 4.78 is 0. The standard InChI is InChI=1S/C28H23ClN6O2/c1-16(36)30-25(27-32-21-5-3-4-6-22(21)33-27)13-18-7-9-19(10-8-18)14-26(31-17(2)37)28-34-23-12-11-20(29)15-24(23)35-28/h3-15H,1-2H3,(H,30,36)(H,31,37)(H,32,33)(H,34,35)/b25-13+,26-14-. The van der Waals surface area contributed by atoms with E-state index in [2.05, 4.69) is 30.6 Å². The number of aromatic amines is 2. The Morgan fingerprint density at radius 1 is 0.730 bits per heavy atom. The first-order chi connectivity index (χ1) is 17.8. The number of halogens is 1. The number of carbonyl (C=O) groups excluding carboxylic acids is 2. The smallest absolute Gasteiger partial charge is 0.221 e. The molecule has 4 N–H and O–H groups in total. The lowest BCUT2D eigenvalue weighted by Crippen LogP contribution is -2.19. The molecule has 0 saturated carbocycles. The molecule has 0 atom stereocenters. The second-order valence-electron chi connectivity index (χ2n) is 8.49. The van der Waals surface area contributed by atoms with Crippen LogP contribution in [0.2, 0.25) is 5.02 Å². The van der Waals surface area contributed by atoms with Crippen molar-refractivity contribution >= 4 is 69.0 Å². The van der Waals surface area contributed by atoms with Crippen molar-refractivity contribution < 1.29 is 9.59 Å². The minimum absolute atomic E-state index is 0.196. The number of hydrogen-bond acceptors (Lipinski definition) is 4. The third kappa shape index (κ3) is 5.60. The number of aromatic nitrogens is 4. The fourth-order valence-electron chi connectivity index (χ4n) is 3.92. The third-order valence-corrected chi connectivity index (χ3v) is 5.76. The molecule has 0 saturated heterocycles. The third-order valence-electron chi connectivity index (χ3n) is 5.52. The maximum atomic E-state index is 11.9. The van der Waals surface area contributed by atoms with Crippen molar-refractivity contribution in [1.82, 2.24) is 30.6 Å². The molecule has 184 valence electrons. The fraction of sp³-hybridized carbons (Fsp3) is 0.0714. The highest BCUT2D eigenvalue weighted by Gasteiger charge is 2.12. The zero-order chi connectivity index (χ0) is 25.9. The van der Waals surface area contributed by atoms with E-state index in [4.69, 9.17) is 11.6 Å². The number of amides is 2. The Morgan fingerprint density at radius 3 is 1.78 bits per heavy atom. The SMILES string of the molecule is CC(=O)N/C(=C\c1ccc(/C=C(/NC(C)=O)c2nc3ccccc3[nH]2)cc1)c1nc2ccc(Cl)cc2[nH]1. The van der Waals surface area contributed by atoms with E-state index in [0.29, 0.717) is 28.1 Å². The van der Waals surface area contributed by atoms with Gasteiger partial charge >= 0.3 is 0 Å². The fourth-order valence-corrected chi connectivity index (χ4v) is 4.09. The molecule has 37 heavy (non-hydrogen) atoms. The zero-order valence-corrected chi connectivity index (χ0v) is 20.9. The van der Waals surface area contributed by atoms with Crippen LogP contribution in [0, 0.1) is 0 Å². The first-order valence-electron chi connectivity index (χ1n) is 11.5. The molecular formula is C28H23ClN6O2. The minimum atomic E-state index is -0.213. The number of hydrogen-bond donors (Lipinski definition) is 4. The number of carbonyl (C=O) groups is 2. The number of fused-ring (bicyclic) bond motifs is 2. The van der Waals surface area contributed by atoms with Gasteiger partial charge in [0.15, 0.2) is 11.6 Å². The molecule has 3 aromatic carbocycles. The highest BCUT2D eigenvalue weighted by molar-refractivity contribution is 6.31. The summed E-state index contributed by atoms with van der Waals surface area (Å²) in [7, 11) is 0. The first kappa shape index (κ1) is 24.0. The highest BCUT2D eigenvalue weighted by Crippen LogP contribution is 2.22. The van der Waals surface area contributed by atoms with E-state index in [1.54, 1.807) is 12.1 Å². The average molecular weight is 511 g/mol. The van der Waals surface area contributed by atoms with Gasteiger partial charge in [-0.1, -0.05) is 48.0 Å². The summed E-state index contributed by atoms with van der Waals surface area (Å²) in [5.41, 5.74) is 6.02. The molecule has 0 aliphatic heterocycles. The van der Waals surface area contributed by atoms with Gasteiger partial charge < -0.3 is 20.6 Å². The molecule has 2 heterocycles. The molecule has 9 heteroatoms. The summed E-state index contributed by atoms with van der Waals surface area (Å²) in [4.78, 5) is 39.4. The van der Waals surface area contributed by atoms with Gasteiger partial charge in [0, 0.05) is 18.9 Å². The van der Waals surface area contributed by atoms with Crippen LogP contribution in [0.25, 0.3) is 45.6 Å². The van der Waals surface area contributed by atoms with E-state index in [0.717, 1.165) is 33.2 Å². The molecule has 0 radical (unpaired) electrons. The lowest BCUT2D eigenvalue weighted by atomic mass is 10.1. The number of H-pyrrole nitrogens is 2. The van der Waals surface area contributed by atoms with E-state index < -0.39 is 0 Å².